The summed E-state index contributed by atoms with van der Waals surface area (Å²) in [6, 6.07) is 0. The normalized spacial score (nSPS) is 15.1. The Morgan fingerprint density at radius 2 is 2.00 bits per heavy atom. The lowest BCUT2D eigenvalue weighted by Crippen LogP contribution is -2.26. The molecule has 0 aromatic rings. The predicted octanol–water partition coefficient (Wildman–Crippen LogP) is 3.30. The minimum Gasteiger partial charge on any atom is -0.365 e. The Labute approximate surface area is 99.0 Å². The highest BCUT2D eigenvalue weighted by Crippen LogP contribution is 2.11. The van der Waals surface area contributed by atoms with E-state index in [1.165, 1.54) is 38.5 Å². The zero-order chi connectivity index (χ0) is 11.6. The molecule has 2 heteroatoms. The van der Waals surface area contributed by atoms with Gasteiger partial charge in [0.05, 0.1) is 5.70 Å². The molecule has 0 atom stereocenters. The molecule has 0 aromatic heterocycles. The van der Waals surface area contributed by atoms with Crippen LogP contribution in [0.2, 0.25) is 0 Å². The van der Waals surface area contributed by atoms with E-state index < -0.39 is 0 Å². The molecule has 0 aliphatic carbocycles. The third-order valence-corrected chi connectivity index (χ3v) is 3.00. The van der Waals surface area contributed by atoms with Gasteiger partial charge in [-0.3, -0.25) is 4.79 Å². The van der Waals surface area contributed by atoms with Gasteiger partial charge in [-0.25, -0.2) is 0 Å². The summed E-state index contributed by atoms with van der Waals surface area (Å²) in [5, 5.41) is 0. The van der Waals surface area contributed by atoms with Gasteiger partial charge in [-0.05, 0) is 12.5 Å². The van der Waals surface area contributed by atoms with Crippen molar-refractivity contribution in [3.63, 3.8) is 0 Å². The molecule has 2 nitrogen and oxygen atoms in total. The van der Waals surface area contributed by atoms with Gasteiger partial charge in [-0.2, -0.15) is 0 Å². The fourth-order valence-corrected chi connectivity index (χ4v) is 1.98. The summed E-state index contributed by atoms with van der Waals surface area (Å²) in [6.45, 7) is 4.14. The molecule has 0 saturated carbocycles. The van der Waals surface area contributed by atoms with Gasteiger partial charge in [0.25, 0.3) is 0 Å². The van der Waals surface area contributed by atoms with Crippen molar-refractivity contribution < 1.29 is 4.79 Å². The quantitative estimate of drug-likeness (QED) is 0.463. The van der Waals surface area contributed by atoms with E-state index in [9.17, 15) is 4.79 Å². The Hall–Kier alpha value is -1.05. The zero-order valence-electron chi connectivity index (χ0n) is 10.3. The van der Waals surface area contributed by atoms with E-state index in [2.05, 4.69) is 17.9 Å². The van der Waals surface area contributed by atoms with Crippen molar-refractivity contribution in [3.05, 3.63) is 23.9 Å². The lowest BCUT2D eigenvalue weighted by Gasteiger charge is -2.24. The van der Waals surface area contributed by atoms with Gasteiger partial charge >= 0.3 is 0 Å². The highest BCUT2D eigenvalue weighted by molar-refractivity contribution is 5.73. The molecule has 1 rings (SSSR count). The highest BCUT2D eigenvalue weighted by Gasteiger charge is 2.08. The maximum atomic E-state index is 10.8. The molecular formula is C14H23NO. The highest BCUT2D eigenvalue weighted by atomic mass is 16.1. The summed E-state index contributed by atoms with van der Waals surface area (Å²) in [5.74, 6) is 0. The SMILES string of the molecule is CCCCCCCCN1CC=CC=C1C=O. The maximum absolute atomic E-state index is 10.8. The second-order valence-electron chi connectivity index (χ2n) is 4.35. The summed E-state index contributed by atoms with van der Waals surface area (Å²) in [4.78, 5) is 13.0. The van der Waals surface area contributed by atoms with Crippen LogP contribution in [0.5, 0.6) is 0 Å². The first kappa shape index (κ1) is 13.0. The van der Waals surface area contributed by atoms with E-state index in [1.54, 1.807) is 0 Å². The molecule has 0 radical (unpaired) electrons. The van der Waals surface area contributed by atoms with Crippen LogP contribution < -0.4 is 0 Å². The summed E-state index contributed by atoms with van der Waals surface area (Å²) >= 11 is 0. The lowest BCUT2D eigenvalue weighted by molar-refractivity contribution is -0.106. The molecule has 0 aromatic carbocycles. The molecule has 0 bridgehead atoms. The number of nitrogens with zero attached hydrogens (tertiary/aromatic N) is 1. The van der Waals surface area contributed by atoms with Crippen LogP contribution in [0.25, 0.3) is 0 Å². The molecule has 1 aliphatic heterocycles. The van der Waals surface area contributed by atoms with Crippen LogP contribution in [-0.2, 0) is 4.79 Å². The number of hydrogen-bond donors (Lipinski definition) is 0. The second kappa shape index (κ2) is 8.14. The topological polar surface area (TPSA) is 20.3 Å². The fraction of sp³-hybridized carbons (Fsp3) is 0.643. The number of unbranched alkanes of at least 4 members (excludes halogenated alkanes) is 5. The fourth-order valence-electron chi connectivity index (χ4n) is 1.98. The summed E-state index contributed by atoms with van der Waals surface area (Å²) in [7, 11) is 0. The summed E-state index contributed by atoms with van der Waals surface area (Å²) in [6.07, 6.45) is 14.7. The van der Waals surface area contributed by atoms with Crippen molar-refractivity contribution in [3.8, 4) is 0 Å². The molecule has 1 aliphatic rings. The van der Waals surface area contributed by atoms with E-state index in [4.69, 9.17) is 0 Å². The van der Waals surface area contributed by atoms with E-state index in [0.717, 1.165) is 25.1 Å². The molecule has 0 amide bonds. The van der Waals surface area contributed by atoms with Crippen molar-refractivity contribution in [2.75, 3.05) is 13.1 Å². The molecule has 0 spiro atoms. The van der Waals surface area contributed by atoms with Crippen LogP contribution >= 0.6 is 0 Å². The molecule has 16 heavy (non-hydrogen) atoms. The number of carbonyl (C=O) groups is 1. The van der Waals surface area contributed by atoms with Crippen molar-refractivity contribution in [2.45, 2.75) is 45.4 Å². The second-order valence-corrected chi connectivity index (χ2v) is 4.35. The lowest BCUT2D eigenvalue weighted by atomic mass is 10.1. The summed E-state index contributed by atoms with van der Waals surface area (Å²) < 4.78 is 0. The van der Waals surface area contributed by atoms with Gasteiger partial charge in [0, 0.05) is 13.1 Å². The average molecular weight is 221 g/mol. The third-order valence-electron chi connectivity index (χ3n) is 3.00. The van der Waals surface area contributed by atoms with Gasteiger partial charge in [0.2, 0.25) is 0 Å². The standard InChI is InChI=1S/C14H23NO/c1-2-3-4-5-6-8-11-15-12-9-7-10-14(15)13-16/h7,9-10,13H,2-6,8,11-12H2,1H3. The van der Waals surface area contributed by atoms with Gasteiger partial charge in [-0.15, -0.1) is 0 Å². The van der Waals surface area contributed by atoms with E-state index in [1.807, 2.05) is 12.2 Å². The monoisotopic (exact) mass is 221 g/mol. The maximum Gasteiger partial charge on any atom is 0.166 e. The van der Waals surface area contributed by atoms with E-state index in [0.29, 0.717) is 0 Å². The van der Waals surface area contributed by atoms with Crippen LogP contribution in [0.15, 0.2) is 23.9 Å². The first-order valence-corrected chi connectivity index (χ1v) is 6.45. The van der Waals surface area contributed by atoms with Gasteiger partial charge in [-0.1, -0.05) is 51.2 Å². The smallest absolute Gasteiger partial charge is 0.166 e. The number of carbonyl (C=O) groups excluding carboxylic acids is 1. The number of hydrogen-bond acceptors (Lipinski definition) is 2. The largest absolute Gasteiger partial charge is 0.365 e. The molecule has 1 heterocycles. The van der Waals surface area contributed by atoms with Crippen LogP contribution in [0.3, 0.4) is 0 Å². The van der Waals surface area contributed by atoms with Crippen molar-refractivity contribution in [1.82, 2.24) is 4.90 Å². The van der Waals surface area contributed by atoms with Gasteiger partial charge in [0.15, 0.2) is 6.29 Å². The Kier molecular flexibility index (Phi) is 6.62. The van der Waals surface area contributed by atoms with E-state index in [-0.39, 0.29) is 0 Å². The number of aldehydes is 1. The molecule has 0 unspecified atom stereocenters. The van der Waals surface area contributed by atoms with Crippen molar-refractivity contribution >= 4 is 6.29 Å². The van der Waals surface area contributed by atoms with Crippen LogP contribution in [0, 0.1) is 0 Å². The minimum absolute atomic E-state index is 0.830. The third kappa shape index (κ3) is 4.65. The van der Waals surface area contributed by atoms with Crippen LogP contribution in [0.1, 0.15) is 45.4 Å². The average Bonchev–Trinajstić information content (AvgIpc) is 2.34. The predicted molar refractivity (Wildman–Crippen MR) is 68.2 cm³/mol. The van der Waals surface area contributed by atoms with Gasteiger partial charge < -0.3 is 4.90 Å². The molecule has 0 N–H and O–H groups in total. The van der Waals surface area contributed by atoms with Gasteiger partial charge in [0.1, 0.15) is 0 Å². The Morgan fingerprint density at radius 3 is 2.75 bits per heavy atom. The Balaban J connectivity index is 2.11. The number of allylic oxidation sites excluding steroid dienone is 3. The van der Waals surface area contributed by atoms with Crippen LogP contribution in [0.4, 0.5) is 0 Å². The molecule has 90 valence electrons. The van der Waals surface area contributed by atoms with Crippen molar-refractivity contribution in [2.24, 2.45) is 0 Å². The summed E-state index contributed by atoms with van der Waals surface area (Å²) in [5.41, 5.74) is 0.830. The van der Waals surface area contributed by atoms with E-state index >= 15 is 0 Å². The molecule has 0 saturated heterocycles. The Bertz CT molecular complexity index is 255. The first-order chi connectivity index (χ1) is 7.88. The Morgan fingerprint density at radius 1 is 1.25 bits per heavy atom. The number of rotatable bonds is 8. The molecular weight excluding hydrogens is 198 g/mol. The molecule has 0 fully saturated rings. The zero-order valence-corrected chi connectivity index (χ0v) is 10.3. The minimum atomic E-state index is 0.830. The van der Waals surface area contributed by atoms with Crippen molar-refractivity contribution in [1.29, 1.82) is 0 Å². The first-order valence-electron chi connectivity index (χ1n) is 6.45. The van der Waals surface area contributed by atoms with Crippen LogP contribution in [-0.4, -0.2) is 24.3 Å².